The van der Waals surface area contributed by atoms with E-state index in [0.717, 1.165) is 5.56 Å². The summed E-state index contributed by atoms with van der Waals surface area (Å²) in [4.78, 5) is 13.6. The van der Waals surface area contributed by atoms with Crippen molar-refractivity contribution in [1.82, 2.24) is 4.90 Å². The molecule has 0 unspecified atom stereocenters. The maximum Gasteiger partial charge on any atom is 0.410 e. The Balaban J connectivity index is 2.22. The normalized spacial score (nSPS) is 15.2. The topological polar surface area (TPSA) is 38.8 Å². The molecule has 1 heterocycles. The summed E-state index contributed by atoms with van der Waals surface area (Å²) in [7, 11) is 0. The van der Waals surface area contributed by atoms with Gasteiger partial charge in [0, 0.05) is 24.6 Å². The fourth-order valence-corrected chi connectivity index (χ4v) is 3.00. The van der Waals surface area contributed by atoms with E-state index in [1.807, 2.05) is 34.6 Å². The van der Waals surface area contributed by atoms with Crippen LogP contribution in [0.25, 0.3) is 0 Å². The molecule has 1 aromatic carbocycles. The highest BCUT2D eigenvalue weighted by Gasteiger charge is 2.38. The van der Waals surface area contributed by atoms with E-state index >= 15 is 0 Å². The fourth-order valence-electron chi connectivity index (χ4n) is 2.76. The van der Waals surface area contributed by atoms with Gasteiger partial charge in [-0.25, -0.2) is 9.18 Å². The molecule has 1 aliphatic heterocycles. The summed E-state index contributed by atoms with van der Waals surface area (Å²) in [6.07, 6.45) is 0.319. The molecule has 1 fully saturated rings. The first kappa shape index (κ1) is 18.8. The van der Waals surface area contributed by atoms with E-state index in [-0.39, 0.29) is 17.0 Å². The highest BCUT2D eigenvalue weighted by Crippen LogP contribution is 2.41. The second-order valence-electron chi connectivity index (χ2n) is 6.94. The summed E-state index contributed by atoms with van der Waals surface area (Å²) in [6.45, 7) is 10.5. The van der Waals surface area contributed by atoms with Gasteiger partial charge in [-0.15, -0.1) is 0 Å². The van der Waals surface area contributed by atoms with Crippen LogP contribution < -0.4 is 4.74 Å². The number of nitrogens with zero attached hydrogens (tertiary/aromatic N) is 1. The van der Waals surface area contributed by atoms with Gasteiger partial charge in [0.25, 0.3) is 0 Å². The summed E-state index contributed by atoms with van der Waals surface area (Å²) in [5.74, 6) is -0.0232. The van der Waals surface area contributed by atoms with Crippen molar-refractivity contribution < 1.29 is 18.7 Å². The van der Waals surface area contributed by atoms with Gasteiger partial charge >= 0.3 is 6.09 Å². The van der Waals surface area contributed by atoms with Crippen LogP contribution in [-0.2, 0) is 11.2 Å². The van der Waals surface area contributed by atoms with Gasteiger partial charge in [-0.1, -0.05) is 18.5 Å². The molecule has 0 atom stereocenters. The van der Waals surface area contributed by atoms with E-state index < -0.39 is 11.4 Å². The Morgan fingerprint density at radius 3 is 2.50 bits per heavy atom. The maximum atomic E-state index is 14.6. The van der Waals surface area contributed by atoms with E-state index in [4.69, 9.17) is 21.1 Å². The highest BCUT2D eigenvalue weighted by atomic mass is 35.5. The standard InChI is InChI=1S/C18H25ClFNO3/c1-6-11-8-13(19)15(20)14(16(11)23-7-2)12-9-21(10-12)17(22)24-18(3,4)5/h8,12H,6-7,9-10H2,1-5H3. The zero-order chi connectivity index (χ0) is 18.1. The molecule has 1 amide bonds. The van der Waals surface area contributed by atoms with Crippen molar-refractivity contribution in [1.29, 1.82) is 0 Å². The molecule has 0 spiro atoms. The van der Waals surface area contributed by atoms with Crippen LogP contribution in [0.3, 0.4) is 0 Å². The Labute approximate surface area is 147 Å². The number of hydrogen-bond acceptors (Lipinski definition) is 3. The number of ether oxygens (including phenoxy) is 2. The van der Waals surface area contributed by atoms with Gasteiger partial charge in [0.1, 0.15) is 17.2 Å². The molecule has 0 N–H and O–H groups in total. The Morgan fingerprint density at radius 1 is 1.38 bits per heavy atom. The van der Waals surface area contributed by atoms with Gasteiger partial charge in [-0.3, -0.25) is 0 Å². The summed E-state index contributed by atoms with van der Waals surface area (Å²) >= 11 is 6.05. The maximum absolute atomic E-state index is 14.6. The predicted octanol–water partition coefficient (Wildman–Crippen LogP) is 4.77. The monoisotopic (exact) mass is 357 g/mol. The van der Waals surface area contributed by atoms with Gasteiger partial charge < -0.3 is 14.4 Å². The third kappa shape index (κ3) is 3.94. The lowest BCUT2D eigenvalue weighted by Crippen LogP contribution is -2.50. The summed E-state index contributed by atoms with van der Waals surface area (Å²) < 4.78 is 25.7. The Morgan fingerprint density at radius 2 is 2.00 bits per heavy atom. The zero-order valence-electron chi connectivity index (χ0n) is 14.9. The molecule has 6 heteroatoms. The van der Waals surface area contributed by atoms with Crippen molar-refractivity contribution in [2.24, 2.45) is 0 Å². The lowest BCUT2D eigenvalue weighted by atomic mass is 9.88. The van der Waals surface area contributed by atoms with E-state index in [9.17, 15) is 9.18 Å². The van der Waals surface area contributed by atoms with Crippen LogP contribution >= 0.6 is 11.6 Å². The number of likely N-dealkylation sites (tertiary alicyclic amines) is 1. The third-order valence-corrected chi connectivity index (χ3v) is 4.17. The molecule has 0 aliphatic carbocycles. The van der Waals surface area contributed by atoms with Crippen LogP contribution in [0.4, 0.5) is 9.18 Å². The predicted molar refractivity (Wildman–Crippen MR) is 92.5 cm³/mol. The summed E-state index contributed by atoms with van der Waals surface area (Å²) in [5, 5.41) is 0.0982. The first-order valence-electron chi connectivity index (χ1n) is 8.29. The van der Waals surface area contributed by atoms with Crippen LogP contribution in [0.5, 0.6) is 5.75 Å². The summed E-state index contributed by atoms with van der Waals surface area (Å²) in [6, 6.07) is 1.62. The number of benzene rings is 1. The number of hydrogen-bond donors (Lipinski definition) is 0. The molecule has 1 saturated heterocycles. The van der Waals surface area contributed by atoms with Crippen LogP contribution in [0.2, 0.25) is 5.02 Å². The van der Waals surface area contributed by atoms with Crippen molar-refractivity contribution in [2.45, 2.75) is 52.6 Å². The Hall–Kier alpha value is -1.49. The zero-order valence-corrected chi connectivity index (χ0v) is 15.7. The molecule has 0 saturated carbocycles. The van der Waals surface area contributed by atoms with Crippen molar-refractivity contribution in [2.75, 3.05) is 19.7 Å². The minimum atomic E-state index is -0.546. The molecule has 1 aromatic rings. The molecule has 0 aromatic heterocycles. The summed E-state index contributed by atoms with van der Waals surface area (Å²) in [5.41, 5.74) is 0.810. The van der Waals surface area contributed by atoms with Crippen molar-refractivity contribution >= 4 is 17.7 Å². The Kier molecular flexibility index (Phi) is 5.63. The minimum absolute atomic E-state index is 0.0982. The molecule has 0 bridgehead atoms. The third-order valence-electron chi connectivity index (χ3n) is 3.89. The number of amides is 1. The quantitative estimate of drug-likeness (QED) is 0.778. The number of carbonyl (C=O) groups excluding carboxylic acids is 1. The molecule has 0 radical (unpaired) electrons. The second-order valence-corrected chi connectivity index (χ2v) is 7.35. The lowest BCUT2D eigenvalue weighted by Gasteiger charge is -2.40. The van der Waals surface area contributed by atoms with E-state index in [0.29, 0.717) is 37.4 Å². The minimum Gasteiger partial charge on any atom is -0.493 e. The number of halogens is 2. The first-order chi connectivity index (χ1) is 11.2. The van der Waals surface area contributed by atoms with Crippen molar-refractivity contribution in [3.05, 3.63) is 28.0 Å². The smallest absolute Gasteiger partial charge is 0.410 e. The van der Waals surface area contributed by atoms with Gasteiger partial charge in [0.15, 0.2) is 0 Å². The Bertz CT molecular complexity index is 622. The fraction of sp³-hybridized carbons (Fsp3) is 0.611. The molecular formula is C18H25ClFNO3. The number of aryl methyl sites for hydroxylation is 1. The van der Waals surface area contributed by atoms with Crippen LogP contribution in [0.15, 0.2) is 6.07 Å². The van der Waals surface area contributed by atoms with Crippen molar-refractivity contribution in [3.63, 3.8) is 0 Å². The van der Waals surface area contributed by atoms with Gasteiger partial charge in [-0.05, 0) is 45.7 Å². The van der Waals surface area contributed by atoms with Gasteiger partial charge in [0.05, 0.1) is 11.6 Å². The van der Waals surface area contributed by atoms with Crippen LogP contribution in [-0.4, -0.2) is 36.3 Å². The molecule has 24 heavy (non-hydrogen) atoms. The molecule has 2 rings (SSSR count). The second kappa shape index (κ2) is 7.18. The molecule has 134 valence electrons. The van der Waals surface area contributed by atoms with Gasteiger partial charge in [-0.2, -0.15) is 0 Å². The SMILES string of the molecule is CCOc1c(CC)cc(Cl)c(F)c1C1CN(C(=O)OC(C)(C)C)C1. The average Bonchev–Trinajstić information content (AvgIpc) is 2.42. The molecular weight excluding hydrogens is 333 g/mol. The first-order valence-corrected chi connectivity index (χ1v) is 8.67. The molecule has 1 aliphatic rings. The lowest BCUT2D eigenvalue weighted by molar-refractivity contribution is 0.00765. The number of carbonyl (C=O) groups is 1. The highest BCUT2D eigenvalue weighted by molar-refractivity contribution is 6.31. The van der Waals surface area contributed by atoms with Crippen LogP contribution in [0, 0.1) is 5.82 Å². The van der Waals surface area contributed by atoms with Crippen LogP contribution in [0.1, 0.15) is 51.7 Å². The van der Waals surface area contributed by atoms with E-state index in [1.165, 1.54) is 0 Å². The van der Waals surface area contributed by atoms with Crippen molar-refractivity contribution in [3.8, 4) is 5.75 Å². The molecule has 4 nitrogen and oxygen atoms in total. The number of rotatable bonds is 4. The average molecular weight is 358 g/mol. The van der Waals surface area contributed by atoms with E-state index in [2.05, 4.69) is 0 Å². The largest absolute Gasteiger partial charge is 0.493 e. The van der Waals surface area contributed by atoms with E-state index in [1.54, 1.807) is 11.0 Å². The van der Waals surface area contributed by atoms with Gasteiger partial charge in [0.2, 0.25) is 0 Å².